The molecule has 23 heavy (non-hydrogen) atoms. The number of nitrogens with zero attached hydrogens (tertiary/aromatic N) is 1. The lowest BCUT2D eigenvalue weighted by Crippen LogP contribution is -2.32. The lowest BCUT2D eigenvalue weighted by molar-refractivity contribution is -0.136. The summed E-state index contributed by atoms with van der Waals surface area (Å²) in [6, 6.07) is 19.2. The van der Waals surface area contributed by atoms with Crippen molar-refractivity contribution >= 4 is 5.91 Å². The molecule has 0 bridgehead atoms. The van der Waals surface area contributed by atoms with Gasteiger partial charge in [-0.05, 0) is 35.4 Å². The van der Waals surface area contributed by atoms with Crippen LogP contribution in [-0.2, 0) is 17.8 Å². The van der Waals surface area contributed by atoms with E-state index in [-0.39, 0.29) is 11.5 Å². The van der Waals surface area contributed by atoms with Gasteiger partial charge in [0.2, 0.25) is 5.91 Å². The molecular formula is C21H23NO. The topological polar surface area (TPSA) is 20.3 Å². The second kappa shape index (κ2) is 5.23. The third kappa shape index (κ3) is 2.20. The smallest absolute Gasteiger partial charge is 0.229 e. The highest BCUT2D eigenvalue weighted by molar-refractivity contribution is 5.85. The van der Waals surface area contributed by atoms with Crippen molar-refractivity contribution < 1.29 is 4.79 Å². The van der Waals surface area contributed by atoms with E-state index < -0.39 is 0 Å². The summed E-state index contributed by atoms with van der Waals surface area (Å²) in [6.45, 7) is 4.97. The van der Waals surface area contributed by atoms with E-state index in [1.165, 1.54) is 16.7 Å². The average molecular weight is 305 g/mol. The predicted molar refractivity (Wildman–Crippen MR) is 91.8 cm³/mol. The summed E-state index contributed by atoms with van der Waals surface area (Å²) in [4.78, 5) is 15.3. The van der Waals surface area contributed by atoms with Crippen LogP contribution in [0.4, 0.5) is 0 Å². The van der Waals surface area contributed by atoms with Gasteiger partial charge in [-0.15, -0.1) is 0 Å². The van der Waals surface area contributed by atoms with Crippen molar-refractivity contribution in [1.82, 2.24) is 4.90 Å². The van der Waals surface area contributed by atoms with Gasteiger partial charge < -0.3 is 4.90 Å². The summed E-state index contributed by atoms with van der Waals surface area (Å²) in [5, 5.41) is 0. The first kappa shape index (κ1) is 14.5. The fraction of sp³-hybridized carbons (Fsp3) is 0.381. The highest BCUT2D eigenvalue weighted by Crippen LogP contribution is 2.54. The van der Waals surface area contributed by atoms with E-state index in [1.807, 2.05) is 18.2 Å². The van der Waals surface area contributed by atoms with Crippen LogP contribution in [0.5, 0.6) is 0 Å². The van der Waals surface area contributed by atoms with Gasteiger partial charge in [0, 0.05) is 12.0 Å². The number of aryl methyl sites for hydroxylation is 1. The van der Waals surface area contributed by atoms with Gasteiger partial charge in [-0.3, -0.25) is 4.79 Å². The third-order valence-corrected chi connectivity index (χ3v) is 5.75. The Hall–Kier alpha value is -2.09. The molecule has 2 heteroatoms. The van der Waals surface area contributed by atoms with Crippen molar-refractivity contribution in [2.24, 2.45) is 11.3 Å². The van der Waals surface area contributed by atoms with E-state index in [9.17, 15) is 4.79 Å². The molecular weight excluding hydrogens is 282 g/mol. The van der Waals surface area contributed by atoms with E-state index in [0.29, 0.717) is 18.4 Å². The molecule has 4 rings (SSSR count). The maximum atomic E-state index is 13.1. The van der Waals surface area contributed by atoms with Gasteiger partial charge in [-0.25, -0.2) is 0 Å². The van der Waals surface area contributed by atoms with Crippen molar-refractivity contribution in [3.8, 4) is 0 Å². The molecule has 0 saturated carbocycles. The average Bonchev–Trinajstić information content (AvgIpc) is 2.77. The molecule has 118 valence electrons. The molecule has 0 aromatic heterocycles. The fourth-order valence-corrected chi connectivity index (χ4v) is 4.48. The number of hydrogen-bond acceptors (Lipinski definition) is 1. The molecule has 1 fully saturated rings. The Bertz CT molecular complexity index is 735. The number of benzene rings is 2. The van der Waals surface area contributed by atoms with Crippen LogP contribution in [0.25, 0.3) is 0 Å². The van der Waals surface area contributed by atoms with E-state index in [4.69, 9.17) is 0 Å². The normalized spacial score (nSPS) is 25.1. The molecule has 2 aliphatic rings. The second-order valence-electron chi connectivity index (χ2n) is 7.43. The Morgan fingerprint density at radius 1 is 1.04 bits per heavy atom. The molecule has 1 heterocycles. The molecule has 0 spiro atoms. The SMILES string of the molecule is CC1(C)C(=O)N(Cc2ccccc2)[C@H]2c3ccccc3CC[C@H]21. The van der Waals surface area contributed by atoms with E-state index in [1.54, 1.807) is 0 Å². The minimum atomic E-state index is -0.271. The maximum Gasteiger partial charge on any atom is 0.229 e. The monoisotopic (exact) mass is 305 g/mol. The summed E-state index contributed by atoms with van der Waals surface area (Å²) in [5.41, 5.74) is 3.71. The van der Waals surface area contributed by atoms with Gasteiger partial charge in [0.05, 0.1) is 6.04 Å². The van der Waals surface area contributed by atoms with Crippen molar-refractivity contribution in [2.45, 2.75) is 39.3 Å². The Morgan fingerprint density at radius 2 is 1.74 bits per heavy atom. The van der Waals surface area contributed by atoms with Crippen molar-refractivity contribution in [2.75, 3.05) is 0 Å². The predicted octanol–water partition coefficient (Wildman–Crippen LogP) is 4.36. The molecule has 2 nitrogen and oxygen atoms in total. The van der Waals surface area contributed by atoms with Gasteiger partial charge in [0.25, 0.3) is 0 Å². The van der Waals surface area contributed by atoms with Crippen LogP contribution in [-0.4, -0.2) is 10.8 Å². The third-order valence-electron chi connectivity index (χ3n) is 5.75. The summed E-state index contributed by atoms with van der Waals surface area (Å²) in [5.74, 6) is 0.710. The van der Waals surface area contributed by atoms with Crippen LogP contribution >= 0.6 is 0 Å². The van der Waals surface area contributed by atoms with Gasteiger partial charge in [-0.2, -0.15) is 0 Å². The largest absolute Gasteiger partial charge is 0.331 e. The quantitative estimate of drug-likeness (QED) is 0.807. The lowest BCUT2D eigenvalue weighted by Gasteiger charge is -2.35. The Labute approximate surface area is 138 Å². The van der Waals surface area contributed by atoms with E-state index in [2.05, 4.69) is 55.1 Å². The first-order valence-electron chi connectivity index (χ1n) is 8.52. The molecule has 1 aliphatic carbocycles. The number of fused-ring (bicyclic) bond motifs is 3. The molecule has 0 N–H and O–H groups in total. The van der Waals surface area contributed by atoms with Crippen molar-refractivity contribution in [3.63, 3.8) is 0 Å². The molecule has 1 saturated heterocycles. The highest BCUT2D eigenvalue weighted by atomic mass is 16.2. The van der Waals surface area contributed by atoms with Crippen LogP contribution in [0.1, 0.15) is 43.0 Å². The van der Waals surface area contributed by atoms with Crippen LogP contribution in [0.2, 0.25) is 0 Å². The maximum absolute atomic E-state index is 13.1. The first-order valence-corrected chi connectivity index (χ1v) is 8.52. The number of hydrogen-bond donors (Lipinski definition) is 0. The molecule has 2 atom stereocenters. The summed E-state index contributed by atoms with van der Waals surface area (Å²) in [7, 11) is 0. The van der Waals surface area contributed by atoms with Gasteiger partial charge in [0.15, 0.2) is 0 Å². The minimum Gasteiger partial charge on any atom is -0.331 e. The van der Waals surface area contributed by atoms with Crippen LogP contribution < -0.4 is 0 Å². The standard InChI is InChI=1S/C21H23NO/c1-21(2)18-13-12-16-10-6-7-11-17(16)19(18)22(20(21)23)14-15-8-4-3-5-9-15/h3-11,18-19H,12-14H2,1-2H3/t18-,19+/m1/s1. The zero-order chi connectivity index (χ0) is 16.0. The Balaban J connectivity index is 1.77. The minimum absolute atomic E-state index is 0.225. The molecule has 1 amide bonds. The van der Waals surface area contributed by atoms with Crippen LogP contribution in [0.3, 0.4) is 0 Å². The molecule has 0 radical (unpaired) electrons. The van der Waals surface area contributed by atoms with Gasteiger partial charge >= 0.3 is 0 Å². The number of rotatable bonds is 2. The van der Waals surface area contributed by atoms with Crippen molar-refractivity contribution in [3.05, 3.63) is 71.3 Å². The van der Waals surface area contributed by atoms with Gasteiger partial charge in [-0.1, -0.05) is 68.4 Å². The number of carbonyl (C=O) groups is 1. The fourth-order valence-electron chi connectivity index (χ4n) is 4.48. The molecule has 2 aromatic rings. The van der Waals surface area contributed by atoms with E-state index >= 15 is 0 Å². The zero-order valence-electron chi connectivity index (χ0n) is 13.8. The zero-order valence-corrected chi connectivity index (χ0v) is 13.8. The number of likely N-dealkylation sites (tertiary alicyclic amines) is 1. The number of carbonyl (C=O) groups excluding carboxylic acids is 1. The summed E-state index contributed by atoms with van der Waals surface area (Å²) < 4.78 is 0. The van der Waals surface area contributed by atoms with Gasteiger partial charge in [0.1, 0.15) is 0 Å². The number of amides is 1. The summed E-state index contributed by atoms with van der Waals surface area (Å²) >= 11 is 0. The Kier molecular flexibility index (Phi) is 3.29. The Morgan fingerprint density at radius 3 is 2.52 bits per heavy atom. The second-order valence-corrected chi connectivity index (χ2v) is 7.43. The summed E-state index contributed by atoms with van der Waals surface area (Å²) in [6.07, 6.45) is 2.19. The molecule has 0 unspecified atom stereocenters. The van der Waals surface area contributed by atoms with Crippen molar-refractivity contribution in [1.29, 1.82) is 0 Å². The molecule has 2 aromatic carbocycles. The van der Waals surface area contributed by atoms with Crippen LogP contribution in [0, 0.1) is 11.3 Å². The van der Waals surface area contributed by atoms with E-state index in [0.717, 1.165) is 12.8 Å². The lowest BCUT2D eigenvalue weighted by atomic mass is 9.70. The first-order chi connectivity index (χ1) is 11.1. The van der Waals surface area contributed by atoms with Crippen LogP contribution in [0.15, 0.2) is 54.6 Å². The highest BCUT2D eigenvalue weighted by Gasteiger charge is 2.54. The molecule has 1 aliphatic heterocycles.